The Bertz CT molecular complexity index is 432. The maximum atomic E-state index is 12.0. The van der Waals surface area contributed by atoms with E-state index in [1.54, 1.807) is 0 Å². The summed E-state index contributed by atoms with van der Waals surface area (Å²) >= 11 is 0. The highest BCUT2D eigenvalue weighted by atomic mass is 19.1. The molecule has 0 unspecified atom stereocenters. The minimum Gasteiger partial charge on any atom is -0.380 e. The summed E-state index contributed by atoms with van der Waals surface area (Å²) in [6.45, 7) is 6.45. The first kappa shape index (κ1) is 14.0. The fourth-order valence-electron chi connectivity index (χ4n) is 2.61. The smallest absolute Gasteiger partial charge is 0.150 e. The van der Waals surface area contributed by atoms with Gasteiger partial charge >= 0.3 is 0 Å². The number of nitrogens with one attached hydrogen (secondary N) is 1. The number of hydrogen-bond donors (Lipinski definition) is 1. The summed E-state index contributed by atoms with van der Waals surface area (Å²) in [5.74, 6) is 0. The van der Waals surface area contributed by atoms with Crippen LogP contribution in [0.4, 0.5) is 10.1 Å². The monoisotopic (exact) mass is 264 g/mol. The van der Waals surface area contributed by atoms with Crippen molar-refractivity contribution in [3.63, 3.8) is 0 Å². The van der Waals surface area contributed by atoms with E-state index in [0.29, 0.717) is 12.5 Å². The Morgan fingerprint density at radius 1 is 1.37 bits per heavy atom. The van der Waals surface area contributed by atoms with Gasteiger partial charge in [0.1, 0.15) is 0 Å². The van der Waals surface area contributed by atoms with E-state index < -0.39 is 0 Å². The zero-order valence-electron chi connectivity index (χ0n) is 11.6. The van der Waals surface area contributed by atoms with E-state index in [9.17, 15) is 9.18 Å². The van der Waals surface area contributed by atoms with Gasteiger partial charge in [0, 0.05) is 30.9 Å². The van der Waals surface area contributed by atoms with Gasteiger partial charge in [-0.25, -0.2) is 0 Å². The fourth-order valence-corrected chi connectivity index (χ4v) is 2.61. The number of carbonyl (C=O) groups excluding carboxylic acids is 1. The van der Waals surface area contributed by atoms with Gasteiger partial charge in [-0.05, 0) is 43.5 Å². The topological polar surface area (TPSA) is 32.3 Å². The molecule has 1 aromatic rings. The maximum absolute atomic E-state index is 12.0. The van der Waals surface area contributed by atoms with Crippen LogP contribution in [0.5, 0.6) is 0 Å². The molecule has 4 heteroatoms. The zero-order valence-corrected chi connectivity index (χ0v) is 11.6. The summed E-state index contributed by atoms with van der Waals surface area (Å²) in [6.07, 6.45) is 1.54. The molecule has 0 radical (unpaired) electrons. The molecule has 1 aliphatic heterocycles. The summed E-state index contributed by atoms with van der Waals surface area (Å²) in [6, 6.07) is 4.46. The molecule has 2 rings (SSSR count). The van der Waals surface area contributed by atoms with Crippen LogP contribution in [0.25, 0.3) is 0 Å². The molecular weight excluding hydrogens is 243 g/mol. The van der Waals surface area contributed by atoms with Crippen LogP contribution in [0.3, 0.4) is 0 Å². The average molecular weight is 264 g/mol. The molecule has 1 aliphatic rings. The minimum atomic E-state index is -0.236. The molecule has 0 saturated carbocycles. The van der Waals surface area contributed by atoms with E-state index in [1.165, 1.54) is 0 Å². The first-order valence-corrected chi connectivity index (χ1v) is 6.75. The van der Waals surface area contributed by atoms with Gasteiger partial charge in [-0.2, -0.15) is 0 Å². The molecule has 1 aromatic carbocycles. The SMILES string of the molecule is Cc1cc(NC2CN(CCCF)C2)cc(C)c1C=O. The number of halogens is 1. The number of benzene rings is 1. The van der Waals surface area contributed by atoms with Gasteiger partial charge in [-0.15, -0.1) is 0 Å². The molecule has 19 heavy (non-hydrogen) atoms. The van der Waals surface area contributed by atoms with Crippen LogP contribution < -0.4 is 5.32 Å². The van der Waals surface area contributed by atoms with Gasteiger partial charge in [0.2, 0.25) is 0 Å². The number of rotatable bonds is 6. The second-order valence-electron chi connectivity index (χ2n) is 5.28. The summed E-state index contributed by atoms with van der Waals surface area (Å²) < 4.78 is 12.0. The highest BCUT2D eigenvalue weighted by molar-refractivity contribution is 5.81. The lowest BCUT2D eigenvalue weighted by atomic mass is 10.0. The van der Waals surface area contributed by atoms with Crippen molar-refractivity contribution in [1.82, 2.24) is 4.90 Å². The molecule has 0 spiro atoms. The predicted molar refractivity (Wildman–Crippen MR) is 75.7 cm³/mol. The lowest BCUT2D eigenvalue weighted by Crippen LogP contribution is -2.54. The van der Waals surface area contributed by atoms with E-state index in [1.807, 2.05) is 26.0 Å². The van der Waals surface area contributed by atoms with Crippen molar-refractivity contribution in [2.75, 3.05) is 31.6 Å². The molecule has 1 fully saturated rings. The molecule has 0 aliphatic carbocycles. The van der Waals surface area contributed by atoms with Crippen molar-refractivity contribution >= 4 is 12.0 Å². The van der Waals surface area contributed by atoms with Crippen molar-refractivity contribution < 1.29 is 9.18 Å². The average Bonchev–Trinajstić information content (AvgIpc) is 2.31. The lowest BCUT2D eigenvalue weighted by molar-refractivity contribution is 0.112. The zero-order chi connectivity index (χ0) is 13.8. The van der Waals surface area contributed by atoms with Crippen molar-refractivity contribution in [3.8, 4) is 0 Å². The third-order valence-electron chi connectivity index (χ3n) is 3.65. The second kappa shape index (κ2) is 6.15. The number of aldehydes is 1. The van der Waals surface area contributed by atoms with Crippen LogP contribution in [-0.2, 0) is 0 Å². The van der Waals surface area contributed by atoms with E-state index in [2.05, 4.69) is 10.2 Å². The molecule has 104 valence electrons. The molecule has 0 aromatic heterocycles. The third-order valence-corrected chi connectivity index (χ3v) is 3.65. The van der Waals surface area contributed by atoms with Crippen LogP contribution >= 0.6 is 0 Å². The quantitative estimate of drug-likeness (QED) is 0.801. The van der Waals surface area contributed by atoms with E-state index in [4.69, 9.17) is 0 Å². The molecule has 0 amide bonds. The molecule has 0 atom stereocenters. The molecule has 1 saturated heterocycles. The highest BCUT2D eigenvalue weighted by Gasteiger charge is 2.25. The number of aryl methyl sites for hydroxylation is 2. The van der Waals surface area contributed by atoms with Crippen LogP contribution in [0.1, 0.15) is 27.9 Å². The van der Waals surface area contributed by atoms with Crippen molar-refractivity contribution in [3.05, 3.63) is 28.8 Å². The van der Waals surface area contributed by atoms with E-state index in [-0.39, 0.29) is 6.67 Å². The summed E-state index contributed by atoms with van der Waals surface area (Å²) in [5.41, 5.74) is 3.86. The maximum Gasteiger partial charge on any atom is 0.150 e. The lowest BCUT2D eigenvalue weighted by Gasteiger charge is -2.40. The number of anilines is 1. The van der Waals surface area contributed by atoms with Crippen molar-refractivity contribution in [2.24, 2.45) is 0 Å². The van der Waals surface area contributed by atoms with Crippen molar-refractivity contribution in [2.45, 2.75) is 26.3 Å². The molecule has 1 N–H and O–H groups in total. The van der Waals surface area contributed by atoms with Crippen LogP contribution in [0.15, 0.2) is 12.1 Å². The van der Waals surface area contributed by atoms with Gasteiger partial charge in [0.15, 0.2) is 6.29 Å². The first-order valence-electron chi connectivity index (χ1n) is 6.75. The standard InChI is InChI=1S/C15H21FN2O/c1-11-6-13(7-12(2)15(11)10-19)17-14-8-18(9-14)5-3-4-16/h6-7,10,14,17H,3-5,8-9H2,1-2H3. The predicted octanol–water partition coefficient (Wildman–Crippen LogP) is 2.57. The summed E-state index contributed by atoms with van der Waals surface area (Å²) in [5, 5.41) is 3.47. The Hall–Kier alpha value is -1.42. The third kappa shape index (κ3) is 3.32. The minimum absolute atomic E-state index is 0.236. The summed E-state index contributed by atoms with van der Waals surface area (Å²) in [7, 11) is 0. The van der Waals surface area contributed by atoms with Gasteiger partial charge in [0.25, 0.3) is 0 Å². The molecule has 1 heterocycles. The Morgan fingerprint density at radius 3 is 2.53 bits per heavy atom. The van der Waals surface area contributed by atoms with E-state index >= 15 is 0 Å². The van der Waals surface area contributed by atoms with Gasteiger partial charge < -0.3 is 5.32 Å². The van der Waals surface area contributed by atoms with E-state index in [0.717, 1.165) is 48.3 Å². The normalized spacial score (nSPS) is 16.2. The Balaban J connectivity index is 1.90. The van der Waals surface area contributed by atoms with Crippen LogP contribution in [0.2, 0.25) is 0 Å². The second-order valence-corrected chi connectivity index (χ2v) is 5.28. The largest absolute Gasteiger partial charge is 0.380 e. The number of nitrogens with zero attached hydrogens (tertiary/aromatic N) is 1. The fraction of sp³-hybridized carbons (Fsp3) is 0.533. The first-order chi connectivity index (χ1) is 9.13. The van der Waals surface area contributed by atoms with Gasteiger partial charge in [-0.3, -0.25) is 14.1 Å². The Labute approximate surface area is 113 Å². The number of alkyl halides is 1. The number of carbonyl (C=O) groups is 1. The Morgan fingerprint density at radius 2 is 2.00 bits per heavy atom. The summed E-state index contributed by atoms with van der Waals surface area (Å²) in [4.78, 5) is 13.2. The van der Waals surface area contributed by atoms with Crippen molar-refractivity contribution in [1.29, 1.82) is 0 Å². The molecule has 3 nitrogen and oxygen atoms in total. The number of hydrogen-bond acceptors (Lipinski definition) is 3. The van der Waals surface area contributed by atoms with Crippen LogP contribution in [-0.4, -0.2) is 43.5 Å². The Kier molecular flexibility index (Phi) is 4.53. The highest BCUT2D eigenvalue weighted by Crippen LogP contribution is 2.21. The van der Waals surface area contributed by atoms with Crippen LogP contribution in [0, 0.1) is 13.8 Å². The van der Waals surface area contributed by atoms with Gasteiger partial charge in [0.05, 0.1) is 12.7 Å². The molecular formula is C15H21FN2O. The number of likely N-dealkylation sites (tertiary alicyclic amines) is 1. The van der Waals surface area contributed by atoms with Gasteiger partial charge in [-0.1, -0.05) is 0 Å². The molecule has 0 bridgehead atoms.